The molecule has 2 saturated heterocycles. The van der Waals surface area contributed by atoms with E-state index in [0.29, 0.717) is 37.4 Å². The van der Waals surface area contributed by atoms with Gasteiger partial charge in [0.25, 0.3) is 5.91 Å². The number of benzene rings is 1. The van der Waals surface area contributed by atoms with Crippen LogP contribution in [-0.4, -0.2) is 110 Å². The number of H-pyrrole nitrogens is 1. The van der Waals surface area contributed by atoms with E-state index in [1.807, 2.05) is 45.0 Å². The van der Waals surface area contributed by atoms with E-state index in [9.17, 15) is 33.9 Å². The van der Waals surface area contributed by atoms with E-state index in [-0.39, 0.29) is 44.7 Å². The number of aromatic nitrogens is 3. The lowest BCUT2D eigenvalue weighted by Gasteiger charge is -2.30. The molecule has 0 saturated carbocycles. The Hall–Kier alpha value is -5.25. The molecular weight excluding hydrogens is 731 g/mol. The molecule has 6 amide bonds. The van der Waals surface area contributed by atoms with Crippen molar-refractivity contribution in [3.63, 3.8) is 0 Å². The summed E-state index contributed by atoms with van der Waals surface area (Å²) in [5.74, 6) is -2.98. The summed E-state index contributed by atoms with van der Waals surface area (Å²) in [6.07, 6.45) is 2.91. The van der Waals surface area contributed by atoms with Crippen molar-refractivity contribution < 1.29 is 33.9 Å². The average molecular weight is 790 g/mol. The maximum atomic E-state index is 14.2. The maximum Gasteiger partial charge on any atom is 0.270 e. The first-order chi connectivity index (χ1) is 27.1. The van der Waals surface area contributed by atoms with Crippen molar-refractivity contribution in [1.82, 2.24) is 46.2 Å². The summed E-state index contributed by atoms with van der Waals surface area (Å²) in [4.78, 5) is 87.8. The number of aromatic amines is 1. The van der Waals surface area contributed by atoms with E-state index in [2.05, 4.69) is 50.5 Å². The highest BCUT2D eigenvalue weighted by atomic mass is 16.3. The van der Waals surface area contributed by atoms with E-state index in [1.165, 1.54) is 11.8 Å². The van der Waals surface area contributed by atoms with E-state index in [1.54, 1.807) is 16.9 Å². The van der Waals surface area contributed by atoms with Crippen LogP contribution in [0, 0.1) is 11.8 Å². The molecule has 0 radical (unpaired) electrons. The van der Waals surface area contributed by atoms with Crippen molar-refractivity contribution in [2.45, 2.75) is 129 Å². The molecule has 0 unspecified atom stereocenters. The highest BCUT2D eigenvalue weighted by Gasteiger charge is 2.42. The van der Waals surface area contributed by atoms with Crippen LogP contribution in [0.5, 0.6) is 0 Å². The Kier molecular flexibility index (Phi) is 14.5. The minimum absolute atomic E-state index is 0.0318. The van der Waals surface area contributed by atoms with Gasteiger partial charge >= 0.3 is 0 Å². The van der Waals surface area contributed by atoms with Crippen LogP contribution < -0.4 is 26.6 Å². The molecule has 310 valence electrons. The minimum Gasteiger partial charge on any atom is -0.391 e. The van der Waals surface area contributed by atoms with Gasteiger partial charge in [0.05, 0.1) is 11.8 Å². The molecule has 2 aliphatic heterocycles. The summed E-state index contributed by atoms with van der Waals surface area (Å²) in [6, 6.07) is 3.93. The molecule has 2 fully saturated rings. The summed E-state index contributed by atoms with van der Waals surface area (Å²) in [7, 11) is 0. The number of nitrogens with zero attached hydrogens (tertiary/aromatic N) is 3. The third kappa shape index (κ3) is 11.0. The van der Waals surface area contributed by atoms with Gasteiger partial charge in [0.15, 0.2) is 0 Å². The van der Waals surface area contributed by atoms with Crippen molar-refractivity contribution in [3.8, 4) is 0 Å². The Morgan fingerprint density at radius 1 is 0.947 bits per heavy atom. The molecule has 1 aromatic carbocycles. The molecule has 6 atom stereocenters. The fourth-order valence-corrected chi connectivity index (χ4v) is 7.59. The van der Waals surface area contributed by atoms with Crippen molar-refractivity contribution in [2.75, 3.05) is 13.1 Å². The molecule has 16 heteroatoms. The van der Waals surface area contributed by atoms with Gasteiger partial charge in [0.1, 0.15) is 35.9 Å². The number of nitrogens with one attached hydrogen (secondary N) is 6. The second-order valence-corrected chi connectivity index (χ2v) is 16.2. The number of fused-ring (bicyclic) bond motifs is 2. The van der Waals surface area contributed by atoms with Gasteiger partial charge in [-0.25, -0.2) is 0 Å². The topological polar surface area (TPSA) is 220 Å². The van der Waals surface area contributed by atoms with E-state index in [4.69, 9.17) is 0 Å². The standard InChI is InChI=1S/C41H59N9O7/c1-7-50-35(19-27(48-50)16-23(2)3)40(56)45-31-14-10-11-15-42-39(55)34-20-28(51)22-49(34)41(57)33(17-24(4)5)47-38(54)32(46-36(52)25(6)44-37(31)53)18-26-21-43-30-13-9-8-12-29(26)30/h8-9,12-13,19,21,23-25,28,31-34,43,51H,7,10-11,14-18,20,22H2,1-6H3,(H,42,55)(H,44,53)(H,45,56)(H,46,52)(H,47,54)/t25-,28-,31+,32+,33-,34+/m1/s1. The van der Waals surface area contributed by atoms with Gasteiger partial charge in [-0.15, -0.1) is 0 Å². The van der Waals surface area contributed by atoms with Crippen LogP contribution in [0.4, 0.5) is 0 Å². The summed E-state index contributed by atoms with van der Waals surface area (Å²) >= 11 is 0. The lowest BCUT2D eigenvalue weighted by molar-refractivity contribution is -0.142. The van der Waals surface area contributed by atoms with Gasteiger partial charge in [0, 0.05) is 49.6 Å². The lowest BCUT2D eigenvalue weighted by Crippen LogP contribution is -2.59. The van der Waals surface area contributed by atoms with Gasteiger partial charge in [-0.1, -0.05) is 45.9 Å². The third-order valence-electron chi connectivity index (χ3n) is 10.5. The number of aliphatic hydroxyl groups excluding tert-OH is 1. The zero-order chi connectivity index (χ0) is 41.4. The monoisotopic (exact) mass is 789 g/mol. The van der Waals surface area contributed by atoms with Crippen LogP contribution in [0.1, 0.15) is 95.4 Å². The van der Waals surface area contributed by atoms with Gasteiger partial charge in [-0.3, -0.25) is 33.4 Å². The SMILES string of the molecule is CCn1nc(CC(C)C)cc1C(=O)N[C@H]1CCCCNC(=O)[C@@H]2C[C@@H](O)CN2C(=O)[C@@H](CC(C)C)NC(=O)[C@H](Cc2c[nH]c3ccccc23)NC(=O)[C@@H](C)NC1=O. The molecule has 57 heavy (non-hydrogen) atoms. The number of aryl methyl sites for hydroxylation is 1. The van der Waals surface area contributed by atoms with Crippen molar-refractivity contribution in [1.29, 1.82) is 0 Å². The number of aliphatic hydroxyl groups is 1. The molecule has 5 rings (SSSR count). The Morgan fingerprint density at radius 2 is 1.68 bits per heavy atom. The molecular formula is C41H59N9O7. The third-order valence-corrected chi connectivity index (χ3v) is 10.5. The Bertz CT molecular complexity index is 1920. The molecule has 16 nitrogen and oxygen atoms in total. The normalized spacial score (nSPS) is 24.6. The van der Waals surface area contributed by atoms with E-state index >= 15 is 0 Å². The zero-order valence-electron chi connectivity index (χ0n) is 33.9. The number of amides is 6. The maximum absolute atomic E-state index is 14.2. The van der Waals surface area contributed by atoms with Crippen LogP contribution in [0.15, 0.2) is 36.5 Å². The highest BCUT2D eigenvalue weighted by Crippen LogP contribution is 2.23. The van der Waals surface area contributed by atoms with Crippen LogP contribution in [0.25, 0.3) is 10.9 Å². The van der Waals surface area contributed by atoms with E-state index in [0.717, 1.165) is 22.2 Å². The number of para-hydroxylation sites is 1. The molecule has 2 aliphatic rings. The fourth-order valence-electron chi connectivity index (χ4n) is 7.59. The summed E-state index contributed by atoms with van der Waals surface area (Å²) in [5, 5.41) is 30.2. The summed E-state index contributed by atoms with van der Waals surface area (Å²) in [5.41, 5.74) is 2.67. The number of hydrogen-bond acceptors (Lipinski definition) is 8. The summed E-state index contributed by atoms with van der Waals surface area (Å²) < 4.78 is 1.60. The van der Waals surface area contributed by atoms with Crippen LogP contribution in [0.2, 0.25) is 0 Å². The highest BCUT2D eigenvalue weighted by molar-refractivity contribution is 5.99. The molecule has 4 heterocycles. The smallest absolute Gasteiger partial charge is 0.270 e. The Balaban J connectivity index is 1.44. The van der Waals surface area contributed by atoms with Gasteiger partial charge in [0.2, 0.25) is 29.5 Å². The van der Waals surface area contributed by atoms with Crippen LogP contribution >= 0.6 is 0 Å². The Labute approximate surface area is 333 Å². The van der Waals surface area contributed by atoms with Gasteiger partial charge < -0.3 is 41.6 Å². The second-order valence-electron chi connectivity index (χ2n) is 16.2. The number of carbonyl (C=O) groups is 6. The predicted octanol–water partition coefficient (Wildman–Crippen LogP) is 1.71. The fraction of sp³-hybridized carbons (Fsp3) is 0.585. The molecule has 0 aliphatic carbocycles. The molecule has 3 aromatic rings. The quantitative estimate of drug-likeness (QED) is 0.169. The van der Waals surface area contributed by atoms with Gasteiger partial charge in [-0.05, 0) is 75.5 Å². The summed E-state index contributed by atoms with van der Waals surface area (Å²) in [6.45, 7) is 11.9. The minimum atomic E-state index is -1.17. The number of hydrogen-bond donors (Lipinski definition) is 7. The van der Waals surface area contributed by atoms with Crippen LogP contribution in [0.3, 0.4) is 0 Å². The second kappa shape index (κ2) is 19.3. The van der Waals surface area contributed by atoms with E-state index < -0.39 is 71.8 Å². The molecule has 2 aromatic heterocycles. The van der Waals surface area contributed by atoms with Crippen molar-refractivity contribution >= 4 is 46.3 Å². The van der Waals surface area contributed by atoms with Crippen LogP contribution in [-0.2, 0) is 43.4 Å². The number of carbonyl (C=O) groups excluding carboxylic acids is 6. The Morgan fingerprint density at radius 3 is 2.40 bits per heavy atom. The van der Waals surface area contributed by atoms with Crippen molar-refractivity contribution in [2.24, 2.45) is 11.8 Å². The number of rotatable bonds is 9. The molecule has 0 spiro atoms. The zero-order valence-corrected chi connectivity index (χ0v) is 33.9. The first-order valence-corrected chi connectivity index (χ1v) is 20.2. The molecule has 0 bridgehead atoms. The largest absolute Gasteiger partial charge is 0.391 e. The first-order valence-electron chi connectivity index (χ1n) is 20.2. The van der Waals surface area contributed by atoms with Crippen molar-refractivity contribution in [3.05, 3.63) is 53.5 Å². The average Bonchev–Trinajstić information content (AvgIpc) is 3.88. The lowest BCUT2D eigenvalue weighted by atomic mass is 10.00. The molecule has 7 N–H and O–H groups in total. The first kappa shape index (κ1) is 42.9. The van der Waals surface area contributed by atoms with Gasteiger partial charge in [-0.2, -0.15) is 5.10 Å². The predicted molar refractivity (Wildman–Crippen MR) is 214 cm³/mol.